The molecule has 0 unspecified atom stereocenters. The maximum absolute atomic E-state index is 4.44. The summed E-state index contributed by atoms with van der Waals surface area (Å²) < 4.78 is 1.93. The minimum atomic E-state index is 0.876. The van der Waals surface area contributed by atoms with E-state index in [0.717, 1.165) is 33.2 Å². The van der Waals surface area contributed by atoms with Gasteiger partial charge in [0.1, 0.15) is 5.03 Å². The minimum absolute atomic E-state index is 0.876. The summed E-state index contributed by atoms with van der Waals surface area (Å²) in [5, 5.41) is 12.5. The molecule has 19 heavy (non-hydrogen) atoms. The quantitative estimate of drug-likeness (QED) is 0.625. The SMILES string of the molecule is CCCNCc1ccc(Sc2nnc(SC)s2)nc1. The Morgan fingerprint density at radius 3 is 2.74 bits per heavy atom. The summed E-state index contributed by atoms with van der Waals surface area (Å²) in [7, 11) is 0. The smallest absolute Gasteiger partial charge is 0.181 e. The number of pyridine rings is 1. The Balaban J connectivity index is 1.90. The Morgan fingerprint density at radius 1 is 1.26 bits per heavy atom. The van der Waals surface area contributed by atoms with Crippen LogP contribution in [0.15, 0.2) is 32.0 Å². The van der Waals surface area contributed by atoms with Crippen LogP contribution in [0.4, 0.5) is 0 Å². The van der Waals surface area contributed by atoms with Gasteiger partial charge < -0.3 is 5.32 Å². The van der Waals surface area contributed by atoms with E-state index >= 15 is 0 Å². The highest BCUT2D eigenvalue weighted by Gasteiger charge is 2.06. The van der Waals surface area contributed by atoms with Crippen LogP contribution in [-0.4, -0.2) is 28.0 Å². The van der Waals surface area contributed by atoms with Gasteiger partial charge in [0, 0.05) is 12.7 Å². The van der Waals surface area contributed by atoms with Gasteiger partial charge >= 0.3 is 0 Å². The number of hydrogen-bond donors (Lipinski definition) is 1. The van der Waals surface area contributed by atoms with E-state index in [2.05, 4.69) is 33.5 Å². The van der Waals surface area contributed by atoms with Gasteiger partial charge in [-0.2, -0.15) is 0 Å². The monoisotopic (exact) mass is 312 g/mol. The fourth-order valence-corrected chi connectivity index (χ4v) is 3.72. The maximum Gasteiger partial charge on any atom is 0.181 e. The van der Waals surface area contributed by atoms with Crippen LogP contribution in [0.3, 0.4) is 0 Å². The van der Waals surface area contributed by atoms with Crippen LogP contribution < -0.4 is 5.32 Å². The molecule has 0 aliphatic heterocycles. The van der Waals surface area contributed by atoms with Crippen molar-refractivity contribution in [2.24, 2.45) is 0 Å². The van der Waals surface area contributed by atoms with Gasteiger partial charge in [-0.15, -0.1) is 10.2 Å². The van der Waals surface area contributed by atoms with Gasteiger partial charge in [0.2, 0.25) is 0 Å². The first kappa shape index (κ1) is 14.8. The van der Waals surface area contributed by atoms with E-state index < -0.39 is 0 Å². The van der Waals surface area contributed by atoms with Crippen molar-refractivity contribution in [3.63, 3.8) is 0 Å². The molecule has 4 nitrogen and oxygen atoms in total. The second kappa shape index (κ2) is 7.84. The Kier molecular flexibility index (Phi) is 6.09. The van der Waals surface area contributed by atoms with Crippen molar-refractivity contribution in [2.75, 3.05) is 12.8 Å². The third-order valence-corrected chi connectivity index (χ3v) is 5.21. The molecular formula is C12H16N4S3. The first-order valence-corrected chi connectivity index (χ1v) is 8.88. The average Bonchev–Trinajstić information content (AvgIpc) is 2.89. The summed E-state index contributed by atoms with van der Waals surface area (Å²) in [5.74, 6) is 0. The normalized spacial score (nSPS) is 10.8. The molecule has 0 aromatic carbocycles. The summed E-state index contributed by atoms with van der Waals surface area (Å²) in [5.41, 5.74) is 1.21. The third-order valence-electron chi connectivity index (χ3n) is 2.31. The zero-order valence-electron chi connectivity index (χ0n) is 10.9. The van der Waals surface area contributed by atoms with Gasteiger partial charge in [-0.05, 0) is 42.6 Å². The van der Waals surface area contributed by atoms with E-state index in [1.54, 1.807) is 34.9 Å². The van der Waals surface area contributed by atoms with Gasteiger partial charge in [-0.1, -0.05) is 36.1 Å². The number of aromatic nitrogens is 3. The van der Waals surface area contributed by atoms with E-state index in [1.165, 1.54) is 5.56 Å². The molecule has 2 rings (SSSR count). The van der Waals surface area contributed by atoms with Crippen LogP contribution >= 0.6 is 34.9 Å². The van der Waals surface area contributed by atoms with Crippen molar-refractivity contribution >= 4 is 34.9 Å². The van der Waals surface area contributed by atoms with Crippen molar-refractivity contribution in [3.05, 3.63) is 23.9 Å². The van der Waals surface area contributed by atoms with E-state index in [4.69, 9.17) is 0 Å². The highest BCUT2D eigenvalue weighted by atomic mass is 32.2. The molecule has 0 aliphatic rings. The fraction of sp³-hybridized carbons (Fsp3) is 0.417. The second-order valence-corrected chi connectivity index (χ2v) is 7.12. The number of hydrogen-bond acceptors (Lipinski definition) is 7. The van der Waals surface area contributed by atoms with Crippen LogP contribution in [0.25, 0.3) is 0 Å². The molecule has 0 radical (unpaired) electrons. The van der Waals surface area contributed by atoms with Crippen LogP contribution in [0.1, 0.15) is 18.9 Å². The molecule has 0 fully saturated rings. The van der Waals surface area contributed by atoms with Crippen LogP contribution in [0.5, 0.6) is 0 Å². The first-order chi connectivity index (χ1) is 9.31. The zero-order chi connectivity index (χ0) is 13.5. The summed E-state index contributed by atoms with van der Waals surface area (Å²) in [6, 6.07) is 4.14. The number of nitrogens with one attached hydrogen (secondary N) is 1. The van der Waals surface area contributed by atoms with Gasteiger partial charge in [-0.25, -0.2) is 4.98 Å². The highest BCUT2D eigenvalue weighted by molar-refractivity contribution is 8.02. The molecule has 2 heterocycles. The molecule has 1 N–H and O–H groups in total. The lowest BCUT2D eigenvalue weighted by molar-refractivity contribution is 0.673. The Bertz CT molecular complexity index is 498. The van der Waals surface area contributed by atoms with E-state index in [1.807, 2.05) is 18.5 Å². The molecule has 2 aromatic rings. The predicted octanol–water partition coefficient (Wildman–Crippen LogP) is 3.31. The fourth-order valence-electron chi connectivity index (χ4n) is 1.40. The molecular weight excluding hydrogens is 296 g/mol. The van der Waals surface area contributed by atoms with Gasteiger partial charge in [0.05, 0.1) is 0 Å². The number of nitrogens with zero attached hydrogens (tertiary/aromatic N) is 3. The van der Waals surface area contributed by atoms with Gasteiger partial charge in [0.15, 0.2) is 8.68 Å². The molecule has 0 aliphatic carbocycles. The lowest BCUT2D eigenvalue weighted by atomic mass is 10.3. The molecule has 0 amide bonds. The molecule has 0 bridgehead atoms. The predicted molar refractivity (Wildman–Crippen MR) is 82.0 cm³/mol. The van der Waals surface area contributed by atoms with Gasteiger partial charge in [-0.3, -0.25) is 0 Å². The molecule has 7 heteroatoms. The second-order valence-electron chi connectivity index (χ2n) is 3.82. The number of thioether (sulfide) groups is 1. The Morgan fingerprint density at radius 2 is 2.11 bits per heavy atom. The van der Waals surface area contributed by atoms with Crippen LogP contribution in [0.2, 0.25) is 0 Å². The average molecular weight is 312 g/mol. The Hall–Kier alpha value is -0.630. The van der Waals surface area contributed by atoms with Crippen molar-refractivity contribution in [1.29, 1.82) is 0 Å². The number of rotatable bonds is 7. The minimum Gasteiger partial charge on any atom is -0.313 e. The van der Waals surface area contributed by atoms with E-state index in [0.29, 0.717) is 0 Å². The third kappa shape index (κ3) is 4.76. The Labute approximate surface area is 125 Å². The lowest BCUT2D eigenvalue weighted by Gasteiger charge is -2.03. The van der Waals surface area contributed by atoms with Crippen molar-refractivity contribution in [1.82, 2.24) is 20.5 Å². The summed E-state index contributed by atoms with van der Waals surface area (Å²) in [6.07, 6.45) is 5.07. The van der Waals surface area contributed by atoms with E-state index in [9.17, 15) is 0 Å². The zero-order valence-corrected chi connectivity index (χ0v) is 13.4. The van der Waals surface area contributed by atoms with Gasteiger partial charge in [0.25, 0.3) is 0 Å². The van der Waals surface area contributed by atoms with Crippen molar-refractivity contribution in [3.8, 4) is 0 Å². The molecule has 0 spiro atoms. The summed E-state index contributed by atoms with van der Waals surface area (Å²) >= 11 is 4.78. The lowest BCUT2D eigenvalue weighted by Crippen LogP contribution is -2.13. The summed E-state index contributed by atoms with van der Waals surface area (Å²) in [4.78, 5) is 4.44. The highest BCUT2D eigenvalue weighted by Crippen LogP contribution is 2.31. The molecule has 102 valence electrons. The van der Waals surface area contributed by atoms with E-state index in [-0.39, 0.29) is 0 Å². The molecule has 2 aromatic heterocycles. The van der Waals surface area contributed by atoms with Crippen molar-refractivity contribution in [2.45, 2.75) is 33.6 Å². The van der Waals surface area contributed by atoms with Crippen LogP contribution in [-0.2, 0) is 6.54 Å². The molecule has 0 atom stereocenters. The maximum atomic E-state index is 4.44. The topological polar surface area (TPSA) is 50.7 Å². The molecule has 0 saturated carbocycles. The summed E-state index contributed by atoms with van der Waals surface area (Å²) in [6.45, 7) is 4.08. The largest absolute Gasteiger partial charge is 0.313 e. The van der Waals surface area contributed by atoms with Crippen molar-refractivity contribution < 1.29 is 0 Å². The molecule has 0 saturated heterocycles. The first-order valence-electron chi connectivity index (χ1n) is 6.03. The standard InChI is InChI=1S/C12H16N4S3/c1-3-6-13-7-9-4-5-10(14-8-9)18-12-16-15-11(17-2)19-12/h4-5,8,13H,3,6-7H2,1-2H3. The van der Waals surface area contributed by atoms with Crippen LogP contribution in [0, 0.1) is 0 Å².